The zero-order chi connectivity index (χ0) is 12.7. The van der Waals surface area contributed by atoms with Crippen molar-refractivity contribution < 1.29 is 19.8 Å². The maximum absolute atomic E-state index is 10.9. The molecule has 0 aromatic carbocycles. The van der Waals surface area contributed by atoms with Crippen LogP contribution in [0.15, 0.2) is 0 Å². The van der Waals surface area contributed by atoms with Crippen molar-refractivity contribution in [2.75, 3.05) is 0 Å². The number of rotatable bonds is 4. The van der Waals surface area contributed by atoms with Crippen LogP contribution in [0, 0.1) is 0 Å². The number of hydrogen-bond acceptors (Lipinski definition) is 2. The molecule has 88 valence electrons. The lowest BCUT2D eigenvalue weighted by molar-refractivity contribution is -0.138. The van der Waals surface area contributed by atoms with Gasteiger partial charge in [0.25, 0.3) is 0 Å². The highest BCUT2D eigenvalue weighted by molar-refractivity contribution is 9.33. The SMILES string of the molecule is O=C(O)C(Br)(Br)C(Br)(Br)C(Br)(Br)C(=O)O. The second kappa shape index (κ2) is 5.21. The van der Waals surface area contributed by atoms with Crippen LogP contribution in [0.3, 0.4) is 0 Å². The largest absolute Gasteiger partial charge is 0.480 e. The van der Waals surface area contributed by atoms with Crippen LogP contribution in [0.5, 0.6) is 0 Å². The number of carbonyl (C=O) groups is 2. The van der Waals surface area contributed by atoms with E-state index >= 15 is 0 Å². The van der Waals surface area contributed by atoms with Crippen molar-refractivity contribution >= 4 is 108 Å². The Labute approximate surface area is 135 Å². The summed E-state index contributed by atoms with van der Waals surface area (Å²) in [5.74, 6) is -2.61. The van der Waals surface area contributed by atoms with Gasteiger partial charge in [0.15, 0.2) is 3.23 Å². The Balaban J connectivity index is 5.50. The second-order valence-corrected chi connectivity index (χ2v) is 12.7. The van der Waals surface area contributed by atoms with Crippen molar-refractivity contribution in [3.8, 4) is 0 Å². The lowest BCUT2D eigenvalue weighted by Crippen LogP contribution is -2.55. The van der Waals surface area contributed by atoms with E-state index in [1.165, 1.54) is 0 Å². The molecule has 0 unspecified atom stereocenters. The van der Waals surface area contributed by atoms with Crippen molar-refractivity contribution in [3.63, 3.8) is 0 Å². The molecule has 15 heavy (non-hydrogen) atoms. The predicted molar refractivity (Wildman–Crippen MR) is 77.0 cm³/mol. The van der Waals surface area contributed by atoms with Gasteiger partial charge in [-0.15, -0.1) is 0 Å². The van der Waals surface area contributed by atoms with Crippen molar-refractivity contribution in [1.82, 2.24) is 0 Å². The number of alkyl halides is 6. The maximum atomic E-state index is 10.9. The quantitative estimate of drug-likeness (QED) is 0.481. The van der Waals surface area contributed by atoms with Crippen molar-refractivity contribution in [2.45, 2.75) is 9.70 Å². The Morgan fingerprint density at radius 2 is 0.933 bits per heavy atom. The van der Waals surface area contributed by atoms with Crippen LogP contribution in [0.25, 0.3) is 0 Å². The minimum absolute atomic E-state index is 1.30. The zero-order valence-electron chi connectivity index (χ0n) is 6.48. The molecular formula is C5H2Br6O4. The van der Waals surface area contributed by atoms with Gasteiger partial charge in [-0.1, -0.05) is 95.6 Å². The molecule has 4 nitrogen and oxygen atoms in total. The third kappa shape index (κ3) is 2.98. The molecule has 0 fully saturated rings. The predicted octanol–water partition coefficient (Wildman–Crippen LogP) is 3.61. The van der Waals surface area contributed by atoms with E-state index in [9.17, 15) is 9.59 Å². The Morgan fingerprint density at radius 3 is 1.07 bits per heavy atom. The molecule has 0 saturated carbocycles. The highest BCUT2D eigenvalue weighted by atomic mass is 79.9. The first kappa shape index (κ1) is 16.8. The first-order valence-electron chi connectivity index (χ1n) is 2.99. The van der Waals surface area contributed by atoms with Crippen LogP contribution in [0.2, 0.25) is 0 Å². The van der Waals surface area contributed by atoms with Gasteiger partial charge in [-0.05, 0) is 0 Å². The summed E-state index contributed by atoms with van der Waals surface area (Å²) in [6.45, 7) is 0. The van der Waals surface area contributed by atoms with Gasteiger partial charge >= 0.3 is 11.9 Å². The van der Waals surface area contributed by atoms with E-state index in [0.29, 0.717) is 0 Å². The first-order valence-corrected chi connectivity index (χ1v) is 7.75. The summed E-state index contributed by atoms with van der Waals surface area (Å²) in [7, 11) is 0. The van der Waals surface area contributed by atoms with Crippen molar-refractivity contribution in [1.29, 1.82) is 0 Å². The van der Waals surface area contributed by atoms with Crippen molar-refractivity contribution in [2.24, 2.45) is 0 Å². The Morgan fingerprint density at radius 1 is 0.733 bits per heavy atom. The number of halogens is 6. The third-order valence-corrected chi connectivity index (χ3v) is 11.7. The van der Waals surface area contributed by atoms with E-state index in [1.54, 1.807) is 0 Å². The number of carboxylic acid groups (broad SMARTS) is 2. The van der Waals surface area contributed by atoms with Crippen LogP contribution < -0.4 is 0 Å². The van der Waals surface area contributed by atoms with Gasteiger partial charge in [0, 0.05) is 0 Å². The van der Waals surface area contributed by atoms with Gasteiger partial charge < -0.3 is 10.2 Å². The lowest BCUT2D eigenvalue weighted by atomic mass is 10.2. The molecular weight excluding hydrogens is 603 g/mol. The summed E-state index contributed by atoms with van der Waals surface area (Å²) in [6, 6.07) is 0. The molecule has 0 saturated heterocycles. The van der Waals surface area contributed by atoms with E-state index in [4.69, 9.17) is 10.2 Å². The van der Waals surface area contributed by atoms with Gasteiger partial charge in [-0.3, -0.25) is 0 Å². The highest BCUT2D eigenvalue weighted by Gasteiger charge is 2.65. The topological polar surface area (TPSA) is 74.6 Å². The van der Waals surface area contributed by atoms with Gasteiger partial charge in [0.2, 0.25) is 6.47 Å². The van der Waals surface area contributed by atoms with Gasteiger partial charge in [-0.2, -0.15) is 0 Å². The van der Waals surface area contributed by atoms with Crippen LogP contribution in [-0.4, -0.2) is 31.9 Å². The van der Waals surface area contributed by atoms with Crippen LogP contribution >= 0.6 is 95.6 Å². The van der Waals surface area contributed by atoms with Gasteiger partial charge in [0.1, 0.15) is 0 Å². The summed E-state index contributed by atoms with van der Waals surface area (Å²) in [6.07, 6.45) is 0. The summed E-state index contributed by atoms with van der Waals surface area (Å²) >= 11 is 17.5. The fraction of sp³-hybridized carbons (Fsp3) is 0.600. The summed E-state index contributed by atoms with van der Waals surface area (Å²) < 4.78 is -5.05. The molecule has 0 amide bonds. The van der Waals surface area contributed by atoms with Gasteiger partial charge in [-0.25, -0.2) is 9.59 Å². The van der Waals surface area contributed by atoms with Crippen LogP contribution in [0.1, 0.15) is 0 Å². The molecule has 2 N–H and O–H groups in total. The van der Waals surface area contributed by atoms with E-state index < -0.39 is 21.6 Å². The molecule has 0 aliphatic rings. The normalized spacial score (nSPS) is 13.7. The van der Waals surface area contributed by atoms with E-state index in [-0.39, 0.29) is 0 Å². The lowest BCUT2D eigenvalue weighted by Gasteiger charge is -2.37. The van der Waals surface area contributed by atoms with E-state index in [0.717, 1.165) is 0 Å². The molecule has 10 heteroatoms. The maximum Gasteiger partial charge on any atom is 0.333 e. The van der Waals surface area contributed by atoms with E-state index in [2.05, 4.69) is 95.6 Å². The minimum Gasteiger partial charge on any atom is -0.480 e. The Bertz CT molecular complexity index is 270. The summed E-state index contributed by atoms with van der Waals surface area (Å²) in [5, 5.41) is 17.9. The van der Waals surface area contributed by atoms with E-state index in [1.807, 2.05) is 0 Å². The molecule has 0 aromatic heterocycles. The Kier molecular flexibility index (Phi) is 5.84. The fourth-order valence-electron chi connectivity index (χ4n) is 0.466. The second-order valence-electron chi connectivity index (χ2n) is 2.33. The van der Waals surface area contributed by atoms with Gasteiger partial charge in [0.05, 0.1) is 0 Å². The standard InChI is InChI=1S/C5H2Br6O4/c6-3(7,1(12)13)5(10,11)4(8,9)2(14)15/h(H,12,13)(H,14,15). The Hall–Kier alpha value is 1.82. The third-order valence-electron chi connectivity index (χ3n) is 1.33. The minimum atomic E-state index is -1.74. The molecule has 0 atom stereocenters. The van der Waals surface area contributed by atoms with Crippen LogP contribution in [-0.2, 0) is 9.59 Å². The molecule has 0 aliphatic heterocycles. The molecule has 0 radical (unpaired) electrons. The molecule has 0 bridgehead atoms. The highest BCUT2D eigenvalue weighted by Crippen LogP contribution is 2.60. The molecule has 0 aliphatic carbocycles. The van der Waals surface area contributed by atoms with Crippen LogP contribution in [0.4, 0.5) is 0 Å². The zero-order valence-corrected chi connectivity index (χ0v) is 16.0. The number of carboxylic acids is 2. The average molecular weight is 605 g/mol. The van der Waals surface area contributed by atoms with Crippen molar-refractivity contribution in [3.05, 3.63) is 0 Å². The molecule has 0 aromatic rings. The fourth-order valence-corrected chi connectivity index (χ4v) is 3.40. The molecule has 0 spiro atoms. The number of aliphatic carboxylic acids is 2. The average Bonchev–Trinajstić information content (AvgIpc) is 2.02. The first-order chi connectivity index (χ1) is 6.39. The summed E-state index contributed by atoms with van der Waals surface area (Å²) in [4.78, 5) is 21.9. The summed E-state index contributed by atoms with van der Waals surface area (Å²) in [5.41, 5.74) is 0. The number of hydrogen-bond donors (Lipinski definition) is 2. The molecule has 0 heterocycles. The molecule has 0 rings (SSSR count). The monoisotopic (exact) mass is 600 g/mol. The smallest absolute Gasteiger partial charge is 0.333 e.